The van der Waals surface area contributed by atoms with Gasteiger partial charge in [-0.15, -0.1) is 0 Å². The Bertz CT molecular complexity index is 1550. The number of pyridine rings is 1. The molecule has 0 saturated carbocycles. The molecule has 8 nitrogen and oxygen atoms in total. The van der Waals surface area contributed by atoms with E-state index >= 15 is 0 Å². The van der Waals surface area contributed by atoms with Gasteiger partial charge in [0, 0.05) is 16.2 Å². The van der Waals surface area contributed by atoms with Crippen molar-refractivity contribution in [2.75, 3.05) is 6.61 Å². The van der Waals surface area contributed by atoms with Crippen LogP contribution in [0, 0.1) is 5.82 Å². The molecule has 0 bridgehead atoms. The van der Waals surface area contributed by atoms with Gasteiger partial charge in [-0.1, -0.05) is 34.1 Å². The van der Waals surface area contributed by atoms with Crippen LogP contribution in [-0.2, 0) is 29.2 Å². The van der Waals surface area contributed by atoms with Crippen LogP contribution < -0.4 is 11.2 Å². The van der Waals surface area contributed by atoms with E-state index in [0.717, 1.165) is 10.1 Å². The van der Waals surface area contributed by atoms with Gasteiger partial charge in [0.2, 0.25) is 0 Å². The van der Waals surface area contributed by atoms with E-state index in [2.05, 4.69) is 36.8 Å². The van der Waals surface area contributed by atoms with Crippen molar-refractivity contribution >= 4 is 48.9 Å². The smallest absolute Gasteiger partial charge is 0.339 e. The summed E-state index contributed by atoms with van der Waals surface area (Å²) in [6.45, 7) is 1.83. The van der Waals surface area contributed by atoms with Gasteiger partial charge in [0.05, 0.1) is 37.3 Å². The Labute approximate surface area is 227 Å². The number of hydrogen-bond acceptors (Lipinski definition) is 6. The van der Waals surface area contributed by atoms with Crippen LogP contribution in [0.5, 0.6) is 0 Å². The van der Waals surface area contributed by atoms with Gasteiger partial charge >= 0.3 is 11.7 Å². The number of carbonyl (C=O) groups excluding carboxylic acids is 1. The van der Waals surface area contributed by atoms with E-state index in [1.807, 2.05) is 0 Å². The lowest BCUT2D eigenvalue weighted by Gasteiger charge is -2.14. The van der Waals surface area contributed by atoms with Crippen LogP contribution in [0.25, 0.3) is 11.0 Å². The van der Waals surface area contributed by atoms with Gasteiger partial charge in [-0.2, -0.15) is 0 Å². The molecule has 192 valence electrons. The zero-order chi connectivity index (χ0) is 26.5. The van der Waals surface area contributed by atoms with Gasteiger partial charge in [-0.05, 0) is 64.8 Å². The summed E-state index contributed by atoms with van der Waals surface area (Å²) in [6, 6.07) is 14.5. The molecule has 37 heavy (non-hydrogen) atoms. The molecule has 0 aliphatic heterocycles. The van der Waals surface area contributed by atoms with Crippen molar-refractivity contribution in [1.82, 2.24) is 14.1 Å². The fourth-order valence-electron chi connectivity index (χ4n) is 3.71. The van der Waals surface area contributed by atoms with Crippen LogP contribution >= 0.6 is 31.9 Å². The number of benzene rings is 2. The summed E-state index contributed by atoms with van der Waals surface area (Å²) in [6.07, 6.45) is 1.51. The summed E-state index contributed by atoms with van der Waals surface area (Å²) < 4.78 is 27.8. The Hall–Kier alpha value is -3.15. The first-order valence-electron chi connectivity index (χ1n) is 11.3. The van der Waals surface area contributed by atoms with Crippen LogP contribution in [-0.4, -0.2) is 31.7 Å². The van der Waals surface area contributed by atoms with Crippen molar-refractivity contribution in [1.29, 1.82) is 0 Å². The highest BCUT2D eigenvalue weighted by molar-refractivity contribution is 9.10. The van der Waals surface area contributed by atoms with E-state index in [9.17, 15) is 18.8 Å². The van der Waals surface area contributed by atoms with Crippen LogP contribution in [0.1, 0.15) is 28.4 Å². The molecule has 11 heteroatoms. The van der Waals surface area contributed by atoms with Crippen molar-refractivity contribution in [3.8, 4) is 0 Å². The summed E-state index contributed by atoms with van der Waals surface area (Å²) in [7, 11) is 0. The molecule has 0 aliphatic rings. The third-order valence-corrected chi connectivity index (χ3v) is 6.19. The maximum atomic E-state index is 14.0. The standard InChI is InChI=1S/C26H22Br2FN3O5/c1-16(27)37-25(34)18-6-4-17(5-7-18)14-32-23-21(3-2-10-30-23)24(33)31(26(32)35)11-12-36-15-19-8-9-20(28)13-22(19)29/h2-10,13,16H,11-12,14-15H2,1H3. The molecule has 0 amide bonds. The second kappa shape index (κ2) is 11.9. The number of rotatable bonds is 9. The molecule has 4 rings (SSSR count). The number of esters is 1. The predicted octanol–water partition coefficient (Wildman–Crippen LogP) is 4.62. The highest BCUT2D eigenvalue weighted by Gasteiger charge is 2.15. The fourth-order valence-corrected chi connectivity index (χ4v) is 4.21. The van der Waals surface area contributed by atoms with E-state index in [1.165, 1.54) is 16.8 Å². The molecule has 1 atom stereocenters. The molecular weight excluding hydrogens is 613 g/mol. The van der Waals surface area contributed by atoms with Gasteiger partial charge in [0.25, 0.3) is 5.56 Å². The zero-order valence-corrected chi connectivity index (χ0v) is 22.9. The van der Waals surface area contributed by atoms with E-state index in [4.69, 9.17) is 9.47 Å². The van der Waals surface area contributed by atoms with Gasteiger partial charge < -0.3 is 9.47 Å². The number of halogens is 3. The first kappa shape index (κ1) is 26.9. The number of hydrogen-bond donors (Lipinski definition) is 0. The maximum absolute atomic E-state index is 14.0. The SMILES string of the molecule is CC(Br)OC(=O)c1ccc(Cn2c(=O)n(CCOCc3ccc(Br)cc3F)c(=O)c3cccnc32)cc1. The Kier molecular flexibility index (Phi) is 8.67. The van der Waals surface area contributed by atoms with Crippen LogP contribution in [0.15, 0.2) is 74.9 Å². The summed E-state index contributed by atoms with van der Waals surface area (Å²) in [4.78, 5) is 42.8. The van der Waals surface area contributed by atoms with Crippen molar-refractivity contribution in [3.63, 3.8) is 0 Å². The molecule has 1 unspecified atom stereocenters. The van der Waals surface area contributed by atoms with Crippen molar-refractivity contribution in [3.05, 3.63) is 109 Å². The third kappa shape index (κ3) is 6.41. The largest absolute Gasteiger partial charge is 0.447 e. The normalized spacial score (nSPS) is 12.0. The first-order chi connectivity index (χ1) is 17.7. The molecule has 2 aromatic carbocycles. The summed E-state index contributed by atoms with van der Waals surface area (Å²) in [5.74, 6) is -0.886. The average Bonchev–Trinajstić information content (AvgIpc) is 2.87. The quantitative estimate of drug-likeness (QED) is 0.152. The van der Waals surface area contributed by atoms with E-state index in [1.54, 1.807) is 55.5 Å². The number of aromatic nitrogens is 3. The molecule has 0 aliphatic carbocycles. The fraction of sp³-hybridized carbons (Fsp3) is 0.231. The van der Waals surface area contributed by atoms with Crippen LogP contribution in [0.4, 0.5) is 4.39 Å². The van der Waals surface area contributed by atoms with E-state index in [-0.39, 0.29) is 37.3 Å². The minimum Gasteiger partial charge on any atom is -0.447 e. The lowest BCUT2D eigenvalue weighted by atomic mass is 10.1. The Morgan fingerprint density at radius 3 is 2.57 bits per heavy atom. The molecule has 0 fully saturated rings. The van der Waals surface area contributed by atoms with Crippen molar-refractivity contribution in [2.24, 2.45) is 0 Å². The van der Waals surface area contributed by atoms with Gasteiger partial charge in [0.15, 0.2) is 5.01 Å². The first-order valence-corrected chi connectivity index (χ1v) is 13.0. The Morgan fingerprint density at radius 1 is 1.11 bits per heavy atom. The monoisotopic (exact) mass is 633 g/mol. The minimum absolute atomic E-state index is 0.000168. The number of alkyl halides is 1. The molecule has 0 spiro atoms. The average molecular weight is 635 g/mol. The van der Waals surface area contributed by atoms with Crippen LogP contribution in [0.2, 0.25) is 0 Å². The van der Waals surface area contributed by atoms with Gasteiger partial charge in [0.1, 0.15) is 11.5 Å². The van der Waals surface area contributed by atoms with Gasteiger partial charge in [-0.25, -0.2) is 19.0 Å². The topological polar surface area (TPSA) is 92.4 Å². The third-order valence-electron chi connectivity index (χ3n) is 5.51. The molecule has 4 aromatic rings. The molecule has 2 heterocycles. The maximum Gasteiger partial charge on any atom is 0.339 e. The zero-order valence-electron chi connectivity index (χ0n) is 19.7. The lowest BCUT2D eigenvalue weighted by Crippen LogP contribution is -2.41. The predicted molar refractivity (Wildman–Crippen MR) is 143 cm³/mol. The summed E-state index contributed by atoms with van der Waals surface area (Å²) in [5, 5.41) is -0.137. The molecule has 0 N–H and O–H groups in total. The Morgan fingerprint density at radius 2 is 1.86 bits per heavy atom. The van der Waals surface area contributed by atoms with E-state index in [0.29, 0.717) is 15.6 Å². The number of carbonyl (C=O) groups is 1. The summed E-state index contributed by atoms with van der Waals surface area (Å²) in [5.41, 5.74) is 0.687. The van der Waals surface area contributed by atoms with E-state index < -0.39 is 28.0 Å². The highest BCUT2D eigenvalue weighted by Crippen LogP contribution is 2.16. The molecule has 0 radical (unpaired) electrons. The number of fused-ring (bicyclic) bond motifs is 1. The second-order valence-corrected chi connectivity index (χ2v) is 10.3. The summed E-state index contributed by atoms with van der Waals surface area (Å²) >= 11 is 6.38. The van der Waals surface area contributed by atoms with Crippen LogP contribution in [0.3, 0.4) is 0 Å². The van der Waals surface area contributed by atoms with Crippen molar-refractivity contribution < 1.29 is 18.7 Å². The van der Waals surface area contributed by atoms with Gasteiger partial charge in [-0.3, -0.25) is 13.9 Å². The number of ether oxygens (including phenoxy) is 2. The second-order valence-electron chi connectivity index (χ2n) is 8.13. The highest BCUT2D eigenvalue weighted by atomic mass is 79.9. The Balaban J connectivity index is 1.57. The van der Waals surface area contributed by atoms with Crippen molar-refractivity contribution in [2.45, 2.75) is 31.6 Å². The molecule has 2 aromatic heterocycles. The lowest BCUT2D eigenvalue weighted by molar-refractivity contribution is 0.0490. The number of nitrogens with zero attached hydrogens (tertiary/aromatic N) is 3. The molecular formula is C26H22Br2FN3O5. The molecule has 0 saturated heterocycles. The minimum atomic E-state index is -0.550.